The van der Waals surface area contributed by atoms with Crippen LogP contribution in [0.2, 0.25) is 5.02 Å². The molecule has 1 unspecified atom stereocenters. The zero-order chi connectivity index (χ0) is 18.2. The first-order valence-electron chi connectivity index (χ1n) is 7.82. The summed E-state index contributed by atoms with van der Waals surface area (Å²) in [6, 6.07) is 12.2. The third-order valence-electron chi connectivity index (χ3n) is 4.31. The summed E-state index contributed by atoms with van der Waals surface area (Å²) in [5.74, 6) is -0.0993. The molecule has 1 heterocycles. The van der Waals surface area contributed by atoms with Gasteiger partial charge in [0.05, 0.1) is 24.4 Å². The Hall–Kier alpha value is -2.37. The number of aliphatic hydroxyl groups is 1. The maximum Gasteiger partial charge on any atom is 0.264 e. The normalized spacial score (nSPS) is 19.0. The molecule has 0 aromatic heterocycles. The van der Waals surface area contributed by atoms with Crippen LogP contribution in [-0.2, 0) is 21.7 Å². The summed E-state index contributed by atoms with van der Waals surface area (Å²) in [4.78, 5) is 26.0. The third kappa shape index (κ3) is 3.01. The standard InChI is InChI=1S/C19H18ClNO4/c1-12(22)10-19(24)15-4-3-5-16(20)17(15)21(18(19)23)11-13-6-8-14(25-2)9-7-13/h3-9,24H,10-11H2,1-2H3. The molecule has 0 bridgehead atoms. The Morgan fingerprint density at radius 3 is 2.52 bits per heavy atom. The number of rotatable bonds is 5. The number of hydrogen-bond donors (Lipinski definition) is 1. The molecule has 2 aromatic carbocycles. The van der Waals surface area contributed by atoms with Crippen LogP contribution in [0.5, 0.6) is 5.75 Å². The van der Waals surface area contributed by atoms with Gasteiger partial charge in [-0.1, -0.05) is 35.9 Å². The van der Waals surface area contributed by atoms with Crippen LogP contribution in [0.1, 0.15) is 24.5 Å². The molecule has 3 rings (SSSR count). The van der Waals surface area contributed by atoms with Crippen molar-refractivity contribution in [3.05, 3.63) is 58.6 Å². The number of fused-ring (bicyclic) bond motifs is 1. The van der Waals surface area contributed by atoms with Gasteiger partial charge >= 0.3 is 0 Å². The highest BCUT2D eigenvalue weighted by atomic mass is 35.5. The topological polar surface area (TPSA) is 66.8 Å². The molecule has 0 aliphatic carbocycles. The zero-order valence-corrected chi connectivity index (χ0v) is 14.7. The Morgan fingerprint density at radius 2 is 1.92 bits per heavy atom. The van der Waals surface area contributed by atoms with Crippen molar-refractivity contribution in [2.24, 2.45) is 0 Å². The van der Waals surface area contributed by atoms with Crippen LogP contribution in [-0.4, -0.2) is 23.9 Å². The van der Waals surface area contributed by atoms with Gasteiger partial charge in [-0.25, -0.2) is 0 Å². The minimum Gasteiger partial charge on any atom is -0.497 e. The molecule has 1 atom stereocenters. The molecule has 0 spiro atoms. The molecular weight excluding hydrogens is 342 g/mol. The molecule has 5 nitrogen and oxygen atoms in total. The van der Waals surface area contributed by atoms with Crippen molar-refractivity contribution in [2.45, 2.75) is 25.5 Å². The number of halogens is 1. The van der Waals surface area contributed by atoms with Crippen molar-refractivity contribution in [2.75, 3.05) is 12.0 Å². The van der Waals surface area contributed by atoms with Gasteiger partial charge in [0, 0.05) is 12.0 Å². The van der Waals surface area contributed by atoms with E-state index in [0.717, 1.165) is 5.56 Å². The highest BCUT2D eigenvalue weighted by Crippen LogP contribution is 2.46. The lowest BCUT2D eigenvalue weighted by molar-refractivity contribution is -0.141. The number of methoxy groups -OCH3 is 1. The molecular formula is C19H18ClNO4. The van der Waals surface area contributed by atoms with Crippen molar-refractivity contribution < 1.29 is 19.4 Å². The number of ketones is 1. The smallest absolute Gasteiger partial charge is 0.264 e. The summed E-state index contributed by atoms with van der Waals surface area (Å²) in [5.41, 5.74) is -0.201. The van der Waals surface area contributed by atoms with Gasteiger partial charge in [-0.2, -0.15) is 0 Å². The van der Waals surface area contributed by atoms with Gasteiger partial charge in [0.1, 0.15) is 11.5 Å². The molecule has 6 heteroatoms. The maximum absolute atomic E-state index is 12.9. The fourth-order valence-electron chi connectivity index (χ4n) is 3.16. The highest BCUT2D eigenvalue weighted by molar-refractivity contribution is 6.35. The van der Waals surface area contributed by atoms with Gasteiger partial charge in [-0.05, 0) is 30.7 Å². The molecule has 25 heavy (non-hydrogen) atoms. The molecule has 0 saturated carbocycles. The van der Waals surface area contributed by atoms with Gasteiger partial charge in [-0.3, -0.25) is 9.59 Å². The average molecular weight is 360 g/mol. The van der Waals surface area contributed by atoms with E-state index in [4.69, 9.17) is 16.3 Å². The lowest BCUT2D eigenvalue weighted by atomic mass is 9.90. The Balaban J connectivity index is 2.02. The molecule has 1 aliphatic heterocycles. The molecule has 0 radical (unpaired) electrons. The molecule has 1 N–H and O–H groups in total. The second kappa shape index (κ2) is 6.50. The highest BCUT2D eigenvalue weighted by Gasteiger charge is 2.51. The molecule has 0 saturated heterocycles. The fraction of sp³-hybridized carbons (Fsp3) is 0.263. The minimum absolute atomic E-state index is 0.236. The van der Waals surface area contributed by atoms with Crippen LogP contribution < -0.4 is 9.64 Å². The first-order valence-corrected chi connectivity index (χ1v) is 8.20. The average Bonchev–Trinajstić information content (AvgIpc) is 2.78. The molecule has 130 valence electrons. The first kappa shape index (κ1) is 17.5. The van der Waals surface area contributed by atoms with Crippen LogP contribution in [0.15, 0.2) is 42.5 Å². The van der Waals surface area contributed by atoms with Crippen LogP contribution in [0.25, 0.3) is 0 Å². The van der Waals surface area contributed by atoms with Crippen molar-refractivity contribution in [1.82, 2.24) is 0 Å². The van der Waals surface area contributed by atoms with Crippen LogP contribution >= 0.6 is 11.6 Å². The number of para-hydroxylation sites is 1. The molecule has 1 aliphatic rings. The summed E-state index contributed by atoms with van der Waals surface area (Å²) in [7, 11) is 1.58. The van der Waals surface area contributed by atoms with E-state index >= 15 is 0 Å². The number of amides is 1. The number of anilines is 1. The number of hydrogen-bond acceptors (Lipinski definition) is 4. The Bertz CT molecular complexity index is 834. The lowest BCUT2D eigenvalue weighted by Crippen LogP contribution is -2.41. The lowest BCUT2D eigenvalue weighted by Gasteiger charge is -2.22. The maximum atomic E-state index is 12.9. The Morgan fingerprint density at radius 1 is 1.24 bits per heavy atom. The minimum atomic E-state index is -1.88. The van der Waals surface area contributed by atoms with E-state index in [1.165, 1.54) is 11.8 Å². The van der Waals surface area contributed by atoms with Crippen molar-refractivity contribution >= 4 is 29.0 Å². The largest absolute Gasteiger partial charge is 0.497 e. The molecule has 0 fully saturated rings. The fourth-order valence-corrected chi connectivity index (χ4v) is 3.44. The van der Waals surface area contributed by atoms with E-state index in [2.05, 4.69) is 0 Å². The van der Waals surface area contributed by atoms with Crippen molar-refractivity contribution in [3.63, 3.8) is 0 Å². The number of Topliss-reactive ketones (excluding diaryl/α,β-unsaturated/α-hetero) is 1. The number of benzene rings is 2. The van der Waals surface area contributed by atoms with Gasteiger partial charge in [0.2, 0.25) is 0 Å². The van der Waals surface area contributed by atoms with Gasteiger partial charge in [0.25, 0.3) is 5.91 Å². The van der Waals surface area contributed by atoms with Crippen molar-refractivity contribution in [3.8, 4) is 5.75 Å². The molecule has 2 aromatic rings. The van der Waals surface area contributed by atoms with Crippen LogP contribution in [0, 0.1) is 0 Å². The Kier molecular flexibility index (Phi) is 4.54. The Labute approximate surface area is 150 Å². The number of carbonyl (C=O) groups excluding carboxylic acids is 2. The third-order valence-corrected chi connectivity index (χ3v) is 4.61. The summed E-state index contributed by atoms with van der Waals surface area (Å²) in [6.45, 7) is 1.58. The van der Waals surface area contributed by atoms with E-state index in [9.17, 15) is 14.7 Å². The predicted molar refractivity (Wildman–Crippen MR) is 94.8 cm³/mol. The van der Waals surface area contributed by atoms with Gasteiger partial charge < -0.3 is 14.7 Å². The van der Waals surface area contributed by atoms with Gasteiger partial charge in [-0.15, -0.1) is 0 Å². The summed E-state index contributed by atoms with van der Waals surface area (Å²) in [5, 5.41) is 11.3. The van der Waals surface area contributed by atoms with Crippen LogP contribution in [0.3, 0.4) is 0 Å². The number of nitrogens with zero attached hydrogens (tertiary/aromatic N) is 1. The second-order valence-corrected chi connectivity index (χ2v) is 6.52. The van der Waals surface area contributed by atoms with E-state index in [0.29, 0.717) is 22.0 Å². The van der Waals surface area contributed by atoms with Crippen molar-refractivity contribution in [1.29, 1.82) is 0 Å². The van der Waals surface area contributed by atoms with E-state index in [-0.39, 0.29) is 18.7 Å². The van der Waals surface area contributed by atoms with E-state index in [1.54, 1.807) is 37.4 Å². The SMILES string of the molecule is COc1ccc(CN2C(=O)C(O)(CC(C)=O)c3cccc(Cl)c32)cc1. The zero-order valence-electron chi connectivity index (χ0n) is 14.0. The second-order valence-electron chi connectivity index (χ2n) is 6.11. The number of carbonyl (C=O) groups is 2. The van der Waals surface area contributed by atoms with Crippen LogP contribution in [0.4, 0.5) is 5.69 Å². The summed E-state index contributed by atoms with van der Waals surface area (Å²) in [6.07, 6.45) is -0.279. The first-order chi connectivity index (χ1) is 11.9. The predicted octanol–water partition coefficient (Wildman–Crippen LogP) is 3.06. The quantitative estimate of drug-likeness (QED) is 0.891. The van der Waals surface area contributed by atoms with E-state index < -0.39 is 11.5 Å². The summed E-state index contributed by atoms with van der Waals surface area (Å²) < 4.78 is 5.13. The number of ether oxygens (including phenoxy) is 1. The monoisotopic (exact) mass is 359 g/mol. The molecule has 1 amide bonds. The van der Waals surface area contributed by atoms with E-state index in [1.807, 2.05) is 12.1 Å². The summed E-state index contributed by atoms with van der Waals surface area (Å²) >= 11 is 6.30. The van der Waals surface area contributed by atoms with Gasteiger partial charge in [0.15, 0.2) is 5.60 Å².